The van der Waals surface area contributed by atoms with Gasteiger partial charge in [0.2, 0.25) is 15.9 Å². The van der Waals surface area contributed by atoms with E-state index >= 15 is 0 Å². The van der Waals surface area contributed by atoms with Crippen molar-refractivity contribution in [1.82, 2.24) is 9.62 Å². The van der Waals surface area contributed by atoms with Crippen molar-refractivity contribution < 1.29 is 18.0 Å². The van der Waals surface area contributed by atoms with Crippen LogP contribution in [-0.4, -0.2) is 44.2 Å². The van der Waals surface area contributed by atoms with Gasteiger partial charge >= 0.3 is 0 Å². The highest BCUT2D eigenvalue weighted by molar-refractivity contribution is 7.89. The summed E-state index contributed by atoms with van der Waals surface area (Å²) in [5.41, 5.74) is 0.625. The van der Waals surface area contributed by atoms with E-state index in [2.05, 4.69) is 10.6 Å². The number of amides is 2. The van der Waals surface area contributed by atoms with Crippen LogP contribution >= 0.6 is 11.6 Å². The van der Waals surface area contributed by atoms with Crippen molar-refractivity contribution in [2.75, 3.05) is 18.9 Å². The van der Waals surface area contributed by atoms with Crippen LogP contribution in [-0.2, 0) is 14.8 Å². The van der Waals surface area contributed by atoms with E-state index in [0.29, 0.717) is 16.3 Å². The second kappa shape index (κ2) is 9.87. The standard InChI is InChI=1S/C20H24ClN3O4S/c1-4-14(2)22-20(26)17-7-5-6-8-18(17)23-19(25)13-24(3)29(27,28)16-11-9-15(21)10-12-16/h5-12,14H,4,13H2,1-3H3,(H,22,26)(H,23,25). The van der Waals surface area contributed by atoms with Crippen molar-refractivity contribution >= 4 is 39.1 Å². The van der Waals surface area contributed by atoms with Gasteiger partial charge < -0.3 is 10.6 Å². The lowest BCUT2D eigenvalue weighted by atomic mass is 10.1. The molecule has 1 atom stereocenters. The predicted molar refractivity (Wildman–Crippen MR) is 114 cm³/mol. The molecule has 1 unspecified atom stereocenters. The Morgan fingerprint density at radius 1 is 1.10 bits per heavy atom. The number of rotatable bonds is 8. The maximum atomic E-state index is 12.6. The topological polar surface area (TPSA) is 95.6 Å². The van der Waals surface area contributed by atoms with Crippen LogP contribution in [0.5, 0.6) is 0 Å². The Morgan fingerprint density at radius 2 is 1.72 bits per heavy atom. The van der Waals surface area contributed by atoms with Crippen molar-refractivity contribution in [1.29, 1.82) is 0 Å². The molecule has 2 N–H and O–H groups in total. The van der Waals surface area contributed by atoms with Gasteiger partial charge in [-0.1, -0.05) is 30.7 Å². The lowest BCUT2D eigenvalue weighted by Gasteiger charge is -2.18. The Kier molecular flexibility index (Phi) is 7.78. The van der Waals surface area contributed by atoms with Gasteiger partial charge in [-0.2, -0.15) is 4.31 Å². The third-order valence-electron chi connectivity index (χ3n) is 4.32. The fourth-order valence-corrected chi connectivity index (χ4v) is 3.71. The molecule has 0 fully saturated rings. The summed E-state index contributed by atoms with van der Waals surface area (Å²) in [7, 11) is -2.54. The van der Waals surface area contributed by atoms with Crippen LogP contribution in [0.2, 0.25) is 5.02 Å². The lowest BCUT2D eigenvalue weighted by Crippen LogP contribution is -2.36. The molecule has 0 saturated heterocycles. The molecule has 0 radical (unpaired) electrons. The molecule has 9 heteroatoms. The molecule has 156 valence electrons. The monoisotopic (exact) mass is 437 g/mol. The number of nitrogens with zero attached hydrogens (tertiary/aromatic N) is 1. The number of nitrogens with one attached hydrogen (secondary N) is 2. The second-order valence-electron chi connectivity index (χ2n) is 6.59. The van der Waals surface area contributed by atoms with Crippen LogP contribution in [0.15, 0.2) is 53.4 Å². The van der Waals surface area contributed by atoms with Crippen LogP contribution in [0.25, 0.3) is 0 Å². The van der Waals surface area contributed by atoms with Crippen molar-refractivity contribution in [2.24, 2.45) is 0 Å². The second-order valence-corrected chi connectivity index (χ2v) is 9.07. The van der Waals surface area contributed by atoms with E-state index in [1.807, 2.05) is 13.8 Å². The zero-order valence-electron chi connectivity index (χ0n) is 16.5. The van der Waals surface area contributed by atoms with Crippen LogP contribution in [0.1, 0.15) is 30.6 Å². The maximum absolute atomic E-state index is 12.6. The average Bonchev–Trinajstić information content (AvgIpc) is 2.68. The Labute approximate surface area is 176 Å². The third-order valence-corrected chi connectivity index (χ3v) is 6.39. The Morgan fingerprint density at radius 3 is 2.34 bits per heavy atom. The maximum Gasteiger partial charge on any atom is 0.253 e. The summed E-state index contributed by atoms with van der Waals surface area (Å²) in [6.07, 6.45) is 0.771. The van der Waals surface area contributed by atoms with E-state index in [1.165, 1.54) is 31.3 Å². The minimum absolute atomic E-state index is 0.0121. The van der Waals surface area contributed by atoms with Gasteiger partial charge in [0.25, 0.3) is 5.91 Å². The molecular weight excluding hydrogens is 414 g/mol. The number of hydrogen-bond acceptors (Lipinski definition) is 4. The summed E-state index contributed by atoms with van der Waals surface area (Å²) in [5, 5.41) is 5.88. The smallest absolute Gasteiger partial charge is 0.253 e. The van der Waals surface area contributed by atoms with Crippen molar-refractivity contribution in [3.63, 3.8) is 0 Å². The molecule has 2 rings (SSSR count). The van der Waals surface area contributed by atoms with E-state index in [1.54, 1.807) is 24.3 Å². The quantitative estimate of drug-likeness (QED) is 0.663. The molecule has 2 aromatic carbocycles. The molecule has 0 aliphatic carbocycles. The summed E-state index contributed by atoms with van der Waals surface area (Å²) in [6.45, 7) is 3.43. The summed E-state index contributed by atoms with van der Waals surface area (Å²) in [6, 6.07) is 12.2. The molecule has 29 heavy (non-hydrogen) atoms. The molecule has 0 aliphatic heterocycles. The number of carbonyl (C=O) groups excluding carboxylic acids is 2. The van der Waals surface area contributed by atoms with Gasteiger partial charge in [0.05, 0.1) is 22.7 Å². The molecule has 0 spiro atoms. The number of carbonyl (C=O) groups is 2. The van der Waals surface area contributed by atoms with E-state index in [-0.39, 0.29) is 16.8 Å². The number of para-hydroxylation sites is 1. The molecule has 0 aliphatic rings. The number of halogens is 1. The summed E-state index contributed by atoms with van der Waals surface area (Å²) in [5.74, 6) is -0.869. The number of likely N-dealkylation sites (N-methyl/N-ethyl adjacent to an activating group) is 1. The summed E-state index contributed by atoms with van der Waals surface area (Å²) < 4.78 is 26.1. The number of benzene rings is 2. The molecule has 0 aromatic heterocycles. The number of hydrogen-bond donors (Lipinski definition) is 2. The average molecular weight is 438 g/mol. The van der Waals surface area contributed by atoms with E-state index in [4.69, 9.17) is 11.6 Å². The first kappa shape index (κ1) is 22.9. The lowest BCUT2D eigenvalue weighted by molar-refractivity contribution is -0.116. The van der Waals surface area contributed by atoms with Crippen molar-refractivity contribution in [2.45, 2.75) is 31.2 Å². The normalized spacial score (nSPS) is 12.4. The Hall–Kier alpha value is -2.42. The van der Waals surface area contributed by atoms with E-state index < -0.39 is 22.5 Å². The summed E-state index contributed by atoms with van der Waals surface area (Å²) >= 11 is 5.79. The molecule has 2 aromatic rings. The molecule has 2 amide bonds. The SMILES string of the molecule is CCC(C)NC(=O)c1ccccc1NC(=O)CN(C)S(=O)(=O)c1ccc(Cl)cc1. The largest absolute Gasteiger partial charge is 0.350 e. The van der Waals surface area contributed by atoms with E-state index in [9.17, 15) is 18.0 Å². The number of sulfonamides is 1. The van der Waals surface area contributed by atoms with Crippen LogP contribution in [0.4, 0.5) is 5.69 Å². The molecule has 7 nitrogen and oxygen atoms in total. The van der Waals surface area contributed by atoms with Gasteiger partial charge in [0.15, 0.2) is 0 Å². The highest BCUT2D eigenvalue weighted by Gasteiger charge is 2.23. The zero-order valence-corrected chi connectivity index (χ0v) is 18.0. The minimum atomic E-state index is -3.85. The Balaban J connectivity index is 2.11. The predicted octanol–water partition coefficient (Wildman–Crippen LogP) is 3.13. The molecule has 0 heterocycles. The van der Waals surface area contributed by atoms with E-state index in [0.717, 1.165) is 10.7 Å². The van der Waals surface area contributed by atoms with Gasteiger partial charge in [-0.05, 0) is 49.7 Å². The molecular formula is C20H24ClN3O4S. The van der Waals surface area contributed by atoms with Crippen molar-refractivity contribution in [3.8, 4) is 0 Å². The number of anilines is 1. The van der Waals surface area contributed by atoms with Crippen LogP contribution in [0, 0.1) is 0 Å². The Bertz CT molecular complexity index is 977. The van der Waals surface area contributed by atoms with Crippen molar-refractivity contribution in [3.05, 3.63) is 59.1 Å². The fourth-order valence-electron chi connectivity index (χ4n) is 2.46. The first-order chi connectivity index (χ1) is 13.6. The highest BCUT2D eigenvalue weighted by atomic mass is 35.5. The summed E-state index contributed by atoms with van der Waals surface area (Å²) in [4.78, 5) is 24.9. The first-order valence-corrected chi connectivity index (χ1v) is 10.9. The minimum Gasteiger partial charge on any atom is -0.350 e. The van der Waals surface area contributed by atoms with Crippen LogP contribution < -0.4 is 10.6 Å². The third kappa shape index (κ3) is 6.03. The molecule has 0 saturated carbocycles. The zero-order chi connectivity index (χ0) is 21.6. The fraction of sp³-hybridized carbons (Fsp3) is 0.300. The highest BCUT2D eigenvalue weighted by Crippen LogP contribution is 2.18. The van der Waals surface area contributed by atoms with Gasteiger partial charge in [-0.25, -0.2) is 8.42 Å². The first-order valence-electron chi connectivity index (χ1n) is 9.06. The van der Waals surface area contributed by atoms with Gasteiger partial charge in [-0.3, -0.25) is 9.59 Å². The van der Waals surface area contributed by atoms with Gasteiger partial charge in [-0.15, -0.1) is 0 Å². The van der Waals surface area contributed by atoms with Crippen LogP contribution in [0.3, 0.4) is 0 Å². The molecule has 0 bridgehead atoms. The van der Waals surface area contributed by atoms with Gasteiger partial charge in [0, 0.05) is 18.1 Å². The van der Waals surface area contributed by atoms with Gasteiger partial charge in [0.1, 0.15) is 0 Å².